The third kappa shape index (κ3) is 3.76. The van der Waals surface area contributed by atoms with Gasteiger partial charge >= 0.3 is 5.97 Å². The van der Waals surface area contributed by atoms with E-state index in [2.05, 4.69) is 10.4 Å². The number of hydrogen-bond acceptors (Lipinski definition) is 4. The zero-order valence-corrected chi connectivity index (χ0v) is 16.1. The highest BCUT2D eigenvalue weighted by Gasteiger charge is 2.37. The van der Waals surface area contributed by atoms with Crippen molar-refractivity contribution >= 4 is 23.5 Å². The molecule has 0 bridgehead atoms. The lowest BCUT2D eigenvalue weighted by molar-refractivity contribution is -0.146. The Kier molecular flexibility index (Phi) is 5.22. The summed E-state index contributed by atoms with van der Waals surface area (Å²) in [7, 11) is 0. The average molecular weight is 384 g/mol. The number of nitrogens with one attached hydrogen (secondary N) is 1. The minimum Gasteiger partial charge on any atom is -0.479 e. The van der Waals surface area contributed by atoms with Gasteiger partial charge in [0, 0.05) is 19.2 Å². The van der Waals surface area contributed by atoms with Crippen LogP contribution < -0.4 is 5.32 Å². The number of carbonyl (C=O) groups is 3. The molecular formula is C20H24N4O4. The summed E-state index contributed by atoms with van der Waals surface area (Å²) in [6.45, 7) is 5.33. The molecule has 2 amide bonds. The number of hydrogen-bond donors (Lipinski definition) is 2. The van der Waals surface area contributed by atoms with E-state index in [1.54, 1.807) is 4.90 Å². The molecule has 1 aromatic carbocycles. The molecule has 2 heterocycles. The Morgan fingerprint density at radius 1 is 1.29 bits per heavy atom. The third-order valence-electron chi connectivity index (χ3n) is 5.22. The van der Waals surface area contributed by atoms with Gasteiger partial charge in [0.25, 0.3) is 0 Å². The first kappa shape index (κ1) is 19.6. The van der Waals surface area contributed by atoms with Crippen molar-refractivity contribution in [2.24, 2.45) is 5.92 Å². The second-order valence-electron chi connectivity index (χ2n) is 7.56. The highest BCUT2D eigenvalue weighted by molar-refractivity contribution is 5.97. The predicted molar refractivity (Wildman–Crippen MR) is 102 cm³/mol. The van der Waals surface area contributed by atoms with Crippen LogP contribution in [0, 0.1) is 5.92 Å². The van der Waals surface area contributed by atoms with Gasteiger partial charge in [-0.25, -0.2) is 4.79 Å². The molecule has 8 heteroatoms. The Morgan fingerprint density at radius 2 is 1.96 bits per heavy atom. The van der Waals surface area contributed by atoms with Crippen LogP contribution in [-0.2, 0) is 19.9 Å². The van der Waals surface area contributed by atoms with Crippen LogP contribution >= 0.6 is 0 Å². The highest BCUT2D eigenvalue weighted by atomic mass is 16.4. The number of carboxylic acids is 1. The van der Waals surface area contributed by atoms with Crippen LogP contribution in [0.4, 0.5) is 5.69 Å². The van der Waals surface area contributed by atoms with Crippen LogP contribution in [0.5, 0.6) is 0 Å². The van der Waals surface area contributed by atoms with Gasteiger partial charge in [-0.1, -0.05) is 30.3 Å². The van der Waals surface area contributed by atoms with Gasteiger partial charge in [-0.15, -0.1) is 0 Å². The summed E-state index contributed by atoms with van der Waals surface area (Å²) < 4.78 is 1.29. The summed E-state index contributed by atoms with van der Waals surface area (Å²) in [5.74, 6) is -1.82. The quantitative estimate of drug-likeness (QED) is 0.795. The van der Waals surface area contributed by atoms with Gasteiger partial charge in [0.15, 0.2) is 5.54 Å². The minimum atomic E-state index is -1.23. The Bertz CT molecular complexity index is 891. The molecule has 1 saturated heterocycles. The normalized spacial score (nSPS) is 18.2. The topological polar surface area (TPSA) is 105 Å². The van der Waals surface area contributed by atoms with Crippen LogP contribution in [0.3, 0.4) is 0 Å². The van der Waals surface area contributed by atoms with Crippen molar-refractivity contribution < 1.29 is 19.5 Å². The van der Waals surface area contributed by atoms with Crippen molar-refractivity contribution in [1.82, 2.24) is 14.7 Å². The smallest absolute Gasteiger partial charge is 0.331 e. The zero-order valence-electron chi connectivity index (χ0n) is 16.1. The van der Waals surface area contributed by atoms with Gasteiger partial charge < -0.3 is 15.3 Å². The Morgan fingerprint density at radius 3 is 2.61 bits per heavy atom. The number of likely N-dealkylation sites (tertiary alicyclic amines) is 1. The first-order valence-electron chi connectivity index (χ1n) is 9.14. The molecule has 0 spiro atoms. The van der Waals surface area contributed by atoms with E-state index in [1.807, 2.05) is 37.3 Å². The van der Waals surface area contributed by atoms with Gasteiger partial charge in [0.05, 0.1) is 23.8 Å². The van der Waals surface area contributed by atoms with E-state index in [4.69, 9.17) is 0 Å². The minimum absolute atomic E-state index is 0.0563. The van der Waals surface area contributed by atoms with Crippen molar-refractivity contribution in [2.75, 3.05) is 11.9 Å². The molecule has 1 aromatic heterocycles. The molecule has 3 rings (SSSR count). The van der Waals surface area contributed by atoms with Crippen LogP contribution in [0.15, 0.2) is 42.7 Å². The maximum atomic E-state index is 12.6. The number of carbonyl (C=O) groups excluding carboxylic acids is 2. The summed E-state index contributed by atoms with van der Waals surface area (Å²) in [6.07, 6.45) is 3.04. The molecule has 28 heavy (non-hydrogen) atoms. The highest BCUT2D eigenvalue weighted by Crippen LogP contribution is 2.29. The first-order valence-corrected chi connectivity index (χ1v) is 9.14. The number of nitrogens with zero attached hydrogens (tertiary/aromatic N) is 3. The van der Waals surface area contributed by atoms with Crippen molar-refractivity contribution in [2.45, 2.75) is 38.8 Å². The van der Waals surface area contributed by atoms with Crippen LogP contribution in [-0.4, -0.2) is 44.1 Å². The maximum Gasteiger partial charge on any atom is 0.331 e. The molecule has 1 aliphatic heterocycles. The lowest BCUT2D eigenvalue weighted by Gasteiger charge is -2.25. The Labute approximate surface area is 163 Å². The van der Waals surface area contributed by atoms with E-state index < -0.39 is 17.4 Å². The molecule has 2 N–H and O–H groups in total. The van der Waals surface area contributed by atoms with Crippen molar-refractivity contribution in [1.29, 1.82) is 0 Å². The van der Waals surface area contributed by atoms with E-state index in [-0.39, 0.29) is 24.3 Å². The molecule has 0 saturated carbocycles. The largest absolute Gasteiger partial charge is 0.479 e. The molecule has 0 radical (unpaired) electrons. The van der Waals surface area contributed by atoms with Crippen molar-refractivity contribution in [3.8, 4) is 0 Å². The van der Waals surface area contributed by atoms with Crippen LogP contribution in [0.1, 0.15) is 38.8 Å². The van der Waals surface area contributed by atoms with E-state index in [1.165, 1.54) is 30.9 Å². The third-order valence-corrected chi connectivity index (χ3v) is 5.22. The van der Waals surface area contributed by atoms with Gasteiger partial charge in [-0.05, 0) is 26.3 Å². The van der Waals surface area contributed by atoms with E-state index >= 15 is 0 Å². The summed E-state index contributed by atoms with van der Waals surface area (Å²) >= 11 is 0. The van der Waals surface area contributed by atoms with Crippen molar-refractivity contribution in [3.05, 3.63) is 48.3 Å². The molecule has 2 aromatic rings. The van der Waals surface area contributed by atoms with Gasteiger partial charge in [-0.3, -0.25) is 14.3 Å². The SMILES string of the molecule is CC(c1ccccc1)N1CC(C(=O)Nc2cnn(C(C)(C)C(=O)O)c2)CC1=O. The molecule has 2 atom stereocenters. The van der Waals surface area contributed by atoms with Crippen molar-refractivity contribution in [3.63, 3.8) is 0 Å². The maximum absolute atomic E-state index is 12.6. The molecule has 148 valence electrons. The van der Waals surface area contributed by atoms with E-state index in [0.29, 0.717) is 12.2 Å². The fourth-order valence-electron chi connectivity index (χ4n) is 3.23. The number of carboxylic acid groups (broad SMARTS) is 1. The Hall–Kier alpha value is -3.16. The van der Waals surface area contributed by atoms with Crippen LogP contribution in [0.25, 0.3) is 0 Å². The summed E-state index contributed by atoms with van der Waals surface area (Å²) in [5, 5.41) is 16.0. The lowest BCUT2D eigenvalue weighted by atomic mass is 10.1. The van der Waals surface area contributed by atoms with Gasteiger partial charge in [0.1, 0.15) is 0 Å². The predicted octanol–water partition coefficient (Wildman–Crippen LogP) is 2.25. The standard InChI is InChI=1S/C20H24N4O4/c1-13(14-7-5-4-6-8-14)23-11-15(9-17(23)25)18(26)22-16-10-21-24(12-16)20(2,3)19(27)28/h4-8,10,12-13,15H,9,11H2,1-3H3,(H,22,26)(H,27,28). The number of anilines is 1. The molecular weight excluding hydrogens is 360 g/mol. The molecule has 1 aliphatic rings. The number of rotatable bonds is 6. The second kappa shape index (κ2) is 7.46. The van der Waals surface area contributed by atoms with Gasteiger partial charge in [-0.2, -0.15) is 5.10 Å². The number of amides is 2. The summed E-state index contributed by atoms with van der Waals surface area (Å²) in [4.78, 5) is 38.1. The first-order chi connectivity index (χ1) is 13.2. The average Bonchev–Trinajstić information content (AvgIpc) is 3.29. The number of benzene rings is 1. The fourth-order valence-corrected chi connectivity index (χ4v) is 3.23. The molecule has 8 nitrogen and oxygen atoms in total. The fraction of sp³-hybridized carbons (Fsp3) is 0.400. The van der Waals surface area contributed by atoms with E-state index in [0.717, 1.165) is 5.56 Å². The Balaban J connectivity index is 1.65. The number of aliphatic carboxylic acids is 1. The lowest BCUT2D eigenvalue weighted by Crippen LogP contribution is -2.36. The van der Waals surface area contributed by atoms with E-state index in [9.17, 15) is 19.5 Å². The molecule has 0 aliphatic carbocycles. The zero-order chi connectivity index (χ0) is 20.5. The molecule has 1 fully saturated rings. The summed E-state index contributed by atoms with van der Waals surface area (Å²) in [6, 6.07) is 9.59. The second-order valence-corrected chi connectivity index (χ2v) is 7.56. The molecule has 2 unspecified atom stereocenters. The van der Waals surface area contributed by atoms with Gasteiger partial charge in [0.2, 0.25) is 11.8 Å². The monoisotopic (exact) mass is 384 g/mol. The summed E-state index contributed by atoms with van der Waals surface area (Å²) in [5.41, 5.74) is 0.198. The van der Waals surface area contributed by atoms with Crippen LogP contribution in [0.2, 0.25) is 0 Å². The number of aromatic nitrogens is 2.